The fourth-order valence-electron chi connectivity index (χ4n) is 1.16. The second-order valence-corrected chi connectivity index (χ2v) is 3.75. The number of hydrogen-bond donors (Lipinski definition) is 1. The van der Waals surface area contributed by atoms with Crippen LogP contribution in [0.15, 0.2) is 35.8 Å². The van der Waals surface area contributed by atoms with Gasteiger partial charge in [0.2, 0.25) is 0 Å². The summed E-state index contributed by atoms with van der Waals surface area (Å²) in [6.07, 6.45) is 0.878. The van der Waals surface area contributed by atoms with Gasteiger partial charge in [0, 0.05) is 11.6 Å². The van der Waals surface area contributed by atoms with Gasteiger partial charge in [-0.25, -0.2) is 9.37 Å². The van der Waals surface area contributed by atoms with E-state index in [0.717, 1.165) is 0 Å². The zero-order chi connectivity index (χ0) is 9.97. The van der Waals surface area contributed by atoms with E-state index < -0.39 is 6.10 Å². The molecule has 1 aromatic heterocycles. The third-order valence-electron chi connectivity index (χ3n) is 1.87. The third-order valence-corrected chi connectivity index (χ3v) is 2.70. The second-order valence-electron chi connectivity index (χ2n) is 2.82. The van der Waals surface area contributed by atoms with Gasteiger partial charge in [-0.3, -0.25) is 0 Å². The average Bonchev–Trinajstić information content (AvgIpc) is 2.71. The molecule has 0 aliphatic heterocycles. The van der Waals surface area contributed by atoms with Crippen molar-refractivity contribution in [3.05, 3.63) is 52.2 Å². The van der Waals surface area contributed by atoms with Crippen molar-refractivity contribution in [2.24, 2.45) is 0 Å². The first-order valence-electron chi connectivity index (χ1n) is 4.10. The van der Waals surface area contributed by atoms with E-state index in [4.69, 9.17) is 0 Å². The molecule has 0 saturated carbocycles. The first kappa shape index (κ1) is 9.30. The number of aliphatic hydroxyl groups is 1. The summed E-state index contributed by atoms with van der Waals surface area (Å²) in [5, 5.41) is 12.2. The normalized spacial score (nSPS) is 12.7. The number of aliphatic hydroxyl groups excluding tert-OH is 1. The van der Waals surface area contributed by atoms with E-state index in [2.05, 4.69) is 4.98 Å². The molecule has 2 nitrogen and oxygen atoms in total. The summed E-state index contributed by atoms with van der Waals surface area (Å²) in [6.45, 7) is 0. The zero-order valence-corrected chi connectivity index (χ0v) is 8.04. The molecule has 4 heteroatoms. The van der Waals surface area contributed by atoms with Crippen molar-refractivity contribution in [3.8, 4) is 0 Å². The lowest BCUT2D eigenvalue weighted by Gasteiger charge is -2.06. The summed E-state index contributed by atoms with van der Waals surface area (Å²) in [5.74, 6) is -0.305. The maximum Gasteiger partial charge on any atom is 0.131 e. The molecule has 0 radical (unpaired) electrons. The van der Waals surface area contributed by atoms with Crippen molar-refractivity contribution < 1.29 is 9.50 Å². The molecule has 1 atom stereocenters. The Bertz CT molecular complexity index is 399. The van der Waals surface area contributed by atoms with Crippen LogP contribution in [0.4, 0.5) is 4.39 Å². The Balaban J connectivity index is 2.28. The summed E-state index contributed by atoms with van der Waals surface area (Å²) in [6, 6.07) is 5.76. The molecule has 2 rings (SSSR count). The van der Waals surface area contributed by atoms with Gasteiger partial charge in [-0.05, 0) is 17.7 Å². The number of halogens is 1. The molecule has 0 amide bonds. The molecule has 1 N–H and O–H groups in total. The highest BCUT2D eigenvalue weighted by Gasteiger charge is 2.12. The van der Waals surface area contributed by atoms with Gasteiger partial charge in [0.05, 0.1) is 0 Å². The molecule has 14 heavy (non-hydrogen) atoms. The van der Waals surface area contributed by atoms with E-state index in [1.165, 1.54) is 23.5 Å². The average molecular weight is 209 g/mol. The predicted octanol–water partition coefficient (Wildman–Crippen LogP) is 2.36. The smallest absolute Gasteiger partial charge is 0.131 e. The van der Waals surface area contributed by atoms with Crippen LogP contribution in [-0.2, 0) is 0 Å². The molecule has 1 unspecified atom stereocenters. The van der Waals surface area contributed by atoms with Gasteiger partial charge in [0.25, 0.3) is 0 Å². The Morgan fingerprint density at radius 3 is 2.57 bits per heavy atom. The zero-order valence-electron chi connectivity index (χ0n) is 7.22. The monoisotopic (exact) mass is 209 g/mol. The molecule has 72 valence electrons. The second kappa shape index (κ2) is 3.86. The van der Waals surface area contributed by atoms with Crippen LogP contribution in [0.3, 0.4) is 0 Å². The molecule has 0 bridgehead atoms. The van der Waals surface area contributed by atoms with E-state index in [1.807, 2.05) is 0 Å². The molecule has 0 spiro atoms. The number of nitrogens with zero attached hydrogens (tertiary/aromatic N) is 1. The third kappa shape index (κ3) is 1.81. The molecule has 0 aliphatic carbocycles. The lowest BCUT2D eigenvalue weighted by atomic mass is 10.1. The van der Waals surface area contributed by atoms with Gasteiger partial charge in [-0.15, -0.1) is 11.3 Å². The highest BCUT2D eigenvalue weighted by Crippen LogP contribution is 2.23. The molecule has 0 aliphatic rings. The minimum absolute atomic E-state index is 0.305. The molecular weight excluding hydrogens is 201 g/mol. The molecule has 2 aromatic rings. The van der Waals surface area contributed by atoms with E-state index in [0.29, 0.717) is 10.6 Å². The summed E-state index contributed by atoms with van der Waals surface area (Å²) >= 11 is 1.38. The lowest BCUT2D eigenvalue weighted by Crippen LogP contribution is -1.98. The van der Waals surface area contributed by atoms with Gasteiger partial charge >= 0.3 is 0 Å². The maximum atomic E-state index is 12.6. The maximum absolute atomic E-state index is 12.6. The van der Waals surface area contributed by atoms with Gasteiger partial charge in [0.15, 0.2) is 0 Å². The minimum Gasteiger partial charge on any atom is -0.381 e. The molecule has 0 fully saturated rings. The Morgan fingerprint density at radius 1 is 1.29 bits per heavy atom. The van der Waals surface area contributed by atoms with Crippen molar-refractivity contribution >= 4 is 11.3 Å². The Kier molecular flexibility index (Phi) is 2.56. The van der Waals surface area contributed by atoms with E-state index >= 15 is 0 Å². The molecule has 0 saturated heterocycles. The number of hydrogen-bond acceptors (Lipinski definition) is 3. The van der Waals surface area contributed by atoms with Crippen LogP contribution in [0.5, 0.6) is 0 Å². The summed E-state index contributed by atoms with van der Waals surface area (Å²) in [5.41, 5.74) is 0.654. The summed E-state index contributed by atoms with van der Waals surface area (Å²) < 4.78 is 12.6. The number of thiazole rings is 1. The van der Waals surface area contributed by atoms with Gasteiger partial charge < -0.3 is 5.11 Å². The van der Waals surface area contributed by atoms with Gasteiger partial charge in [-0.1, -0.05) is 12.1 Å². The van der Waals surface area contributed by atoms with Crippen molar-refractivity contribution in [1.29, 1.82) is 0 Å². The van der Waals surface area contributed by atoms with E-state index in [9.17, 15) is 9.50 Å². The van der Waals surface area contributed by atoms with Crippen molar-refractivity contribution in [2.75, 3.05) is 0 Å². The first-order chi connectivity index (χ1) is 6.77. The van der Waals surface area contributed by atoms with E-state index in [1.54, 1.807) is 23.7 Å². The van der Waals surface area contributed by atoms with E-state index in [-0.39, 0.29) is 5.82 Å². The van der Waals surface area contributed by atoms with Gasteiger partial charge in [0.1, 0.15) is 16.9 Å². The number of aromatic nitrogens is 1. The van der Waals surface area contributed by atoms with Crippen LogP contribution in [0, 0.1) is 5.82 Å². The van der Waals surface area contributed by atoms with Gasteiger partial charge in [-0.2, -0.15) is 0 Å². The predicted molar refractivity (Wildman–Crippen MR) is 52.6 cm³/mol. The number of benzene rings is 1. The Morgan fingerprint density at radius 2 is 2.00 bits per heavy atom. The van der Waals surface area contributed by atoms with Crippen LogP contribution < -0.4 is 0 Å². The van der Waals surface area contributed by atoms with Crippen LogP contribution in [0.1, 0.15) is 16.7 Å². The largest absolute Gasteiger partial charge is 0.381 e. The molecule has 1 heterocycles. The highest BCUT2D eigenvalue weighted by molar-refractivity contribution is 7.09. The van der Waals surface area contributed by atoms with Crippen molar-refractivity contribution in [2.45, 2.75) is 6.10 Å². The Labute approximate surface area is 84.7 Å². The Hall–Kier alpha value is -1.26. The first-order valence-corrected chi connectivity index (χ1v) is 4.98. The molecule has 1 aromatic carbocycles. The summed E-state index contributed by atoms with van der Waals surface area (Å²) in [7, 11) is 0. The lowest BCUT2D eigenvalue weighted by molar-refractivity contribution is 0.219. The quantitative estimate of drug-likeness (QED) is 0.823. The van der Waals surface area contributed by atoms with Crippen LogP contribution in [0.2, 0.25) is 0 Å². The van der Waals surface area contributed by atoms with Crippen LogP contribution in [-0.4, -0.2) is 10.1 Å². The fourth-order valence-corrected chi connectivity index (χ4v) is 1.81. The highest BCUT2D eigenvalue weighted by atomic mass is 32.1. The van der Waals surface area contributed by atoms with Crippen molar-refractivity contribution in [3.63, 3.8) is 0 Å². The minimum atomic E-state index is -0.754. The summed E-state index contributed by atoms with van der Waals surface area (Å²) in [4.78, 5) is 3.99. The SMILES string of the molecule is OC(c1ccc(F)cc1)c1nccs1. The van der Waals surface area contributed by atoms with Crippen molar-refractivity contribution in [1.82, 2.24) is 4.98 Å². The molecular formula is C10H8FNOS. The fraction of sp³-hybridized carbons (Fsp3) is 0.100. The number of rotatable bonds is 2. The standard InChI is InChI=1S/C10H8FNOS/c11-8-3-1-7(2-4-8)9(13)10-12-5-6-14-10/h1-6,9,13H. The topological polar surface area (TPSA) is 33.1 Å². The van der Waals surface area contributed by atoms with Crippen LogP contribution in [0.25, 0.3) is 0 Å². The van der Waals surface area contributed by atoms with Crippen LogP contribution >= 0.6 is 11.3 Å².